The summed E-state index contributed by atoms with van der Waals surface area (Å²) >= 11 is 0. The fourth-order valence-electron chi connectivity index (χ4n) is 3.06. The van der Waals surface area contributed by atoms with Crippen LogP contribution in [0.3, 0.4) is 0 Å². The van der Waals surface area contributed by atoms with Crippen molar-refractivity contribution in [3.05, 3.63) is 17.6 Å². The first-order valence-electron chi connectivity index (χ1n) is 6.56. The molecule has 0 radical (unpaired) electrons. The number of aromatic nitrogens is 2. The van der Waals surface area contributed by atoms with Gasteiger partial charge in [-0.15, -0.1) is 0 Å². The molecule has 2 aliphatic carbocycles. The molecule has 0 spiro atoms. The number of nitrogens with one attached hydrogen (secondary N) is 1. The van der Waals surface area contributed by atoms with Crippen molar-refractivity contribution in [2.45, 2.75) is 50.5 Å². The van der Waals surface area contributed by atoms with E-state index >= 15 is 0 Å². The van der Waals surface area contributed by atoms with Gasteiger partial charge in [-0.05, 0) is 32.1 Å². The van der Waals surface area contributed by atoms with Crippen molar-refractivity contribution in [3.8, 4) is 0 Å². The van der Waals surface area contributed by atoms with Gasteiger partial charge < -0.3 is 10.4 Å². The molecule has 5 heteroatoms. The first-order chi connectivity index (χ1) is 8.71. The Balaban J connectivity index is 1.92. The molecule has 2 aliphatic rings. The lowest BCUT2D eigenvalue weighted by atomic mass is 9.97. The molecule has 0 aromatic carbocycles. The van der Waals surface area contributed by atoms with Gasteiger partial charge in [0.2, 0.25) is 0 Å². The van der Waals surface area contributed by atoms with E-state index in [9.17, 15) is 9.90 Å². The standard InChI is InChI=1S/C13H17N3O2/c17-12(18)13(6-1-2-7-13)16-11-9-4-3-5-10(9)14-8-15-11/h8H,1-7H2,(H,17,18)(H,14,15,16). The maximum atomic E-state index is 11.5. The minimum absolute atomic E-state index is 0.682. The van der Waals surface area contributed by atoms with Gasteiger partial charge in [-0.3, -0.25) is 0 Å². The van der Waals surface area contributed by atoms with E-state index in [1.807, 2.05) is 0 Å². The highest BCUT2D eigenvalue weighted by Gasteiger charge is 2.42. The van der Waals surface area contributed by atoms with Crippen molar-refractivity contribution in [3.63, 3.8) is 0 Å². The van der Waals surface area contributed by atoms with Gasteiger partial charge in [0.05, 0.1) is 0 Å². The summed E-state index contributed by atoms with van der Waals surface area (Å²) in [6, 6.07) is 0. The Hall–Kier alpha value is -1.65. The summed E-state index contributed by atoms with van der Waals surface area (Å²) in [6.07, 6.45) is 7.85. The highest BCUT2D eigenvalue weighted by atomic mass is 16.4. The molecule has 18 heavy (non-hydrogen) atoms. The molecule has 1 fully saturated rings. The lowest BCUT2D eigenvalue weighted by Crippen LogP contribution is -2.44. The van der Waals surface area contributed by atoms with Crippen LogP contribution >= 0.6 is 0 Å². The summed E-state index contributed by atoms with van der Waals surface area (Å²) in [5.41, 5.74) is 1.38. The van der Waals surface area contributed by atoms with Crippen LogP contribution < -0.4 is 5.32 Å². The molecule has 96 valence electrons. The lowest BCUT2D eigenvalue weighted by molar-refractivity contribution is -0.142. The molecule has 0 amide bonds. The Morgan fingerprint density at radius 2 is 2.00 bits per heavy atom. The van der Waals surface area contributed by atoms with Gasteiger partial charge in [-0.25, -0.2) is 14.8 Å². The quantitative estimate of drug-likeness (QED) is 0.851. The second-order valence-electron chi connectivity index (χ2n) is 5.22. The smallest absolute Gasteiger partial charge is 0.329 e. The second kappa shape index (κ2) is 4.23. The van der Waals surface area contributed by atoms with Gasteiger partial charge in [0.1, 0.15) is 17.7 Å². The van der Waals surface area contributed by atoms with E-state index in [0.717, 1.165) is 49.2 Å². The molecule has 5 nitrogen and oxygen atoms in total. The fourth-order valence-corrected chi connectivity index (χ4v) is 3.06. The molecule has 2 N–H and O–H groups in total. The van der Waals surface area contributed by atoms with Crippen LogP contribution in [0, 0.1) is 0 Å². The molecule has 0 atom stereocenters. The van der Waals surface area contributed by atoms with Crippen molar-refractivity contribution in [1.29, 1.82) is 0 Å². The maximum Gasteiger partial charge on any atom is 0.329 e. The summed E-state index contributed by atoms with van der Waals surface area (Å²) in [4.78, 5) is 20.0. The van der Waals surface area contributed by atoms with Crippen molar-refractivity contribution >= 4 is 11.8 Å². The molecule has 3 rings (SSSR count). The van der Waals surface area contributed by atoms with E-state index in [1.54, 1.807) is 0 Å². The first-order valence-corrected chi connectivity index (χ1v) is 6.56. The molecule has 0 unspecified atom stereocenters. The van der Waals surface area contributed by atoms with Gasteiger partial charge in [-0.2, -0.15) is 0 Å². The van der Waals surface area contributed by atoms with Crippen LogP contribution in [-0.2, 0) is 17.6 Å². The van der Waals surface area contributed by atoms with Crippen molar-refractivity contribution < 1.29 is 9.90 Å². The molecule has 0 aliphatic heterocycles. The molecule has 1 aromatic rings. The Morgan fingerprint density at radius 3 is 2.72 bits per heavy atom. The maximum absolute atomic E-state index is 11.5. The van der Waals surface area contributed by atoms with Gasteiger partial charge in [0, 0.05) is 11.3 Å². The third-order valence-electron chi connectivity index (χ3n) is 4.10. The van der Waals surface area contributed by atoms with E-state index in [1.165, 1.54) is 6.33 Å². The van der Waals surface area contributed by atoms with Crippen molar-refractivity contribution in [2.24, 2.45) is 0 Å². The Kier molecular flexibility index (Phi) is 2.69. The minimum atomic E-state index is -0.815. The van der Waals surface area contributed by atoms with Crippen LogP contribution in [0.15, 0.2) is 6.33 Å². The van der Waals surface area contributed by atoms with E-state index in [0.29, 0.717) is 12.8 Å². The third-order valence-corrected chi connectivity index (χ3v) is 4.10. The van der Waals surface area contributed by atoms with E-state index in [4.69, 9.17) is 0 Å². The average Bonchev–Trinajstić information content (AvgIpc) is 2.98. The van der Waals surface area contributed by atoms with Crippen LogP contribution in [0.5, 0.6) is 0 Å². The SMILES string of the molecule is O=C(O)C1(Nc2ncnc3c2CCC3)CCCC1. The molecule has 1 aromatic heterocycles. The summed E-state index contributed by atoms with van der Waals surface area (Å²) in [5, 5.41) is 12.7. The largest absolute Gasteiger partial charge is 0.480 e. The Bertz CT molecular complexity index is 481. The monoisotopic (exact) mass is 247 g/mol. The number of aliphatic carboxylic acids is 1. The van der Waals surface area contributed by atoms with Gasteiger partial charge in [-0.1, -0.05) is 12.8 Å². The number of anilines is 1. The summed E-state index contributed by atoms with van der Waals surface area (Å²) in [5.74, 6) is -0.0211. The van der Waals surface area contributed by atoms with Crippen LogP contribution in [0.4, 0.5) is 5.82 Å². The predicted octanol–water partition coefficient (Wildman–Crippen LogP) is 1.77. The topological polar surface area (TPSA) is 75.1 Å². The number of hydrogen-bond donors (Lipinski definition) is 2. The third kappa shape index (κ3) is 1.74. The van der Waals surface area contributed by atoms with E-state index in [-0.39, 0.29) is 0 Å². The highest BCUT2D eigenvalue weighted by Crippen LogP contribution is 2.35. The lowest BCUT2D eigenvalue weighted by Gasteiger charge is -2.26. The number of carbonyl (C=O) groups is 1. The number of nitrogens with zero attached hydrogens (tertiary/aromatic N) is 2. The zero-order valence-electron chi connectivity index (χ0n) is 10.3. The number of carboxylic acids is 1. The molecular formula is C13H17N3O2. The summed E-state index contributed by atoms with van der Waals surface area (Å²) in [7, 11) is 0. The zero-order chi connectivity index (χ0) is 12.6. The molecule has 0 bridgehead atoms. The average molecular weight is 247 g/mol. The Labute approximate surface area is 106 Å². The number of hydrogen-bond acceptors (Lipinski definition) is 4. The van der Waals surface area contributed by atoms with Crippen LogP contribution in [-0.4, -0.2) is 26.6 Å². The second-order valence-corrected chi connectivity index (χ2v) is 5.22. The number of fused-ring (bicyclic) bond motifs is 1. The molecule has 1 heterocycles. The number of carboxylic acid groups (broad SMARTS) is 1. The normalized spacial score (nSPS) is 20.7. The van der Waals surface area contributed by atoms with Gasteiger partial charge in [0.25, 0.3) is 0 Å². The zero-order valence-corrected chi connectivity index (χ0v) is 10.3. The molecular weight excluding hydrogens is 230 g/mol. The first kappa shape index (κ1) is 11.4. The highest BCUT2D eigenvalue weighted by molar-refractivity contribution is 5.83. The number of aryl methyl sites for hydroxylation is 1. The van der Waals surface area contributed by atoms with Crippen molar-refractivity contribution in [2.75, 3.05) is 5.32 Å². The predicted molar refractivity (Wildman–Crippen MR) is 66.5 cm³/mol. The van der Waals surface area contributed by atoms with Crippen LogP contribution in [0.1, 0.15) is 43.4 Å². The minimum Gasteiger partial charge on any atom is -0.480 e. The molecule has 0 saturated heterocycles. The van der Waals surface area contributed by atoms with E-state index in [2.05, 4.69) is 15.3 Å². The van der Waals surface area contributed by atoms with Crippen LogP contribution in [0.25, 0.3) is 0 Å². The van der Waals surface area contributed by atoms with Crippen LogP contribution in [0.2, 0.25) is 0 Å². The summed E-state index contributed by atoms with van der Waals surface area (Å²) in [6.45, 7) is 0. The van der Waals surface area contributed by atoms with E-state index < -0.39 is 11.5 Å². The Morgan fingerprint density at radius 1 is 1.22 bits per heavy atom. The van der Waals surface area contributed by atoms with Gasteiger partial charge >= 0.3 is 5.97 Å². The summed E-state index contributed by atoms with van der Waals surface area (Å²) < 4.78 is 0. The number of rotatable bonds is 3. The van der Waals surface area contributed by atoms with Gasteiger partial charge in [0.15, 0.2) is 0 Å². The molecule has 1 saturated carbocycles. The van der Waals surface area contributed by atoms with Crippen molar-refractivity contribution in [1.82, 2.24) is 9.97 Å². The fraction of sp³-hybridized carbons (Fsp3) is 0.615.